The molecule has 0 aromatic heterocycles. The maximum atomic E-state index is 12.8. The minimum atomic E-state index is 0.104. The zero-order valence-corrected chi connectivity index (χ0v) is 20.3. The first kappa shape index (κ1) is 22.6. The summed E-state index contributed by atoms with van der Waals surface area (Å²) in [6.07, 6.45) is 12.1. The third-order valence-corrected chi connectivity index (χ3v) is 9.85. The van der Waals surface area contributed by atoms with Gasteiger partial charge >= 0.3 is 0 Å². The predicted octanol–water partition coefficient (Wildman–Crippen LogP) is 6.13. The lowest BCUT2D eigenvalue weighted by Gasteiger charge is -2.61. The SMILES string of the molecule is CCC(C)OC1CC[C@@]2(C)CC[C@@H]3[C@@H](CCC4N(OC(C)CC)C(=O)CC[C@@]43C)[C@H]12. The minimum Gasteiger partial charge on any atom is -0.375 e. The summed E-state index contributed by atoms with van der Waals surface area (Å²) in [6, 6.07) is 0.244. The van der Waals surface area contributed by atoms with Crippen LogP contribution in [0, 0.1) is 28.6 Å². The van der Waals surface area contributed by atoms with E-state index in [1.54, 1.807) is 0 Å². The number of amides is 1. The molecule has 4 heteroatoms. The quantitative estimate of drug-likeness (QED) is 0.519. The molecule has 9 atom stereocenters. The number of ether oxygens (including phenoxy) is 1. The van der Waals surface area contributed by atoms with Crippen LogP contribution < -0.4 is 0 Å². The molecule has 30 heavy (non-hydrogen) atoms. The molecule has 3 saturated carbocycles. The maximum Gasteiger partial charge on any atom is 0.246 e. The highest BCUT2D eigenvalue weighted by molar-refractivity contribution is 5.76. The number of carbonyl (C=O) groups is 1. The van der Waals surface area contributed by atoms with Gasteiger partial charge in [0.2, 0.25) is 5.91 Å². The van der Waals surface area contributed by atoms with Crippen LogP contribution in [0.1, 0.15) is 106 Å². The summed E-state index contributed by atoms with van der Waals surface area (Å²) in [5.74, 6) is 2.31. The molecule has 0 N–H and O–H groups in total. The van der Waals surface area contributed by atoms with Crippen LogP contribution in [0.3, 0.4) is 0 Å². The fourth-order valence-corrected chi connectivity index (χ4v) is 7.77. The summed E-state index contributed by atoms with van der Waals surface area (Å²) < 4.78 is 6.63. The first-order valence-electron chi connectivity index (χ1n) is 12.9. The third kappa shape index (κ3) is 3.64. The van der Waals surface area contributed by atoms with Crippen LogP contribution in [0.25, 0.3) is 0 Å². The summed E-state index contributed by atoms with van der Waals surface area (Å²) >= 11 is 0. The molecule has 0 bridgehead atoms. The number of piperidine rings is 1. The van der Waals surface area contributed by atoms with Gasteiger partial charge in [0, 0.05) is 6.42 Å². The first-order chi connectivity index (χ1) is 14.2. The summed E-state index contributed by atoms with van der Waals surface area (Å²) in [5.41, 5.74) is 0.620. The van der Waals surface area contributed by atoms with Crippen molar-refractivity contribution in [2.45, 2.75) is 130 Å². The molecular weight excluding hydrogens is 374 g/mol. The molecule has 0 aromatic rings. The van der Waals surface area contributed by atoms with Crippen LogP contribution in [-0.4, -0.2) is 35.3 Å². The molecule has 4 nitrogen and oxygen atoms in total. The first-order valence-corrected chi connectivity index (χ1v) is 12.9. The van der Waals surface area contributed by atoms with Crippen LogP contribution in [0.5, 0.6) is 0 Å². The molecule has 1 saturated heterocycles. The molecule has 1 amide bonds. The van der Waals surface area contributed by atoms with Crippen molar-refractivity contribution < 1.29 is 14.4 Å². The maximum absolute atomic E-state index is 12.8. The molecule has 4 rings (SSSR count). The summed E-state index contributed by atoms with van der Waals surface area (Å²) in [6.45, 7) is 13.7. The minimum absolute atomic E-state index is 0.104. The molecule has 4 unspecified atom stereocenters. The highest BCUT2D eigenvalue weighted by Crippen LogP contribution is 2.65. The molecule has 0 spiro atoms. The molecular formula is C26H45NO3. The molecule has 1 heterocycles. The van der Waals surface area contributed by atoms with Gasteiger partial charge in [-0.25, -0.2) is 5.06 Å². The van der Waals surface area contributed by atoms with E-state index in [1.807, 2.05) is 5.06 Å². The Morgan fingerprint density at radius 1 is 1.00 bits per heavy atom. The van der Waals surface area contributed by atoms with Gasteiger partial charge < -0.3 is 4.74 Å². The van der Waals surface area contributed by atoms with E-state index < -0.39 is 0 Å². The smallest absolute Gasteiger partial charge is 0.246 e. The van der Waals surface area contributed by atoms with E-state index >= 15 is 0 Å². The second-order valence-electron chi connectivity index (χ2n) is 11.6. The molecule has 0 radical (unpaired) electrons. The fraction of sp³-hybridized carbons (Fsp3) is 0.962. The summed E-state index contributed by atoms with van der Waals surface area (Å²) in [5, 5.41) is 1.84. The largest absolute Gasteiger partial charge is 0.375 e. The fourth-order valence-electron chi connectivity index (χ4n) is 7.77. The lowest BCUT2D eigenvalue weighted by atomic mass is 9.47. The van der Waals surface area contributed by atoms with Crippen molar-refractivity contribution in [2.75, 3.05) is 0 Å². The Hall–Kier alpha value is -0.610. The van der Waals surface area contributed by atoms with Crippen LogP contribution in [0.2, 0.25) is 0 Å². The number of carbonyl (C=O) groups excluding carboxylic acids is 1. The van der Waals surface area contributed by atoms with Gasteiger partial charge in [-0.15, -0.1) is 0 Å². The Kier molecular flexibility index (Phi) is 6.31. The molecule has 172 valence electrons. The van der Waals surface area contributed by atoms with E-state index in [0.717, 1.165) is 31.6 Å². The average molecular weight is 420 g/mol. The van der Waals surface area contributed by atoms with Crippen molar-refractivity contribution in [1.82, 2.24) is 5.06 Å². The third-order valence-electron chi connectivity index (χ3n) is 9.85. The Labute approximate surface area is 184 Å². The average Bonchev–Trinajstić information content (AvgIpc) is 3.06. The van der Waals surface area contributed by atoms with Crippen molar-refractivity contribution in [3.8, 4) is 0 Å². The monoisotopic (exact) mass is 419 g/mol. The van der Waals surface area contributed by atoms with Crippen molar-refractivity contribution >= 4 is 5.91 Å². The van der Waals surface area contributed by atoms with Gasteiger partial charge in [0.1, 0.15) is 0 Å². The normalized spacial score (nSPS) is 45.5. The van der Waals surface area contributed by atoms with Gasteiger partial charge in [-0.2, -0.15) is 0 Å². The standard InChI is InChI=1S/C26H45NO3/c1-7-17(3)29-21-12-15-25(5)14-11-20-19(24(21)25)9-10-22-26(20,6)16-13-23(28)27(22)30-18(4)8-2/h17-22,24H,7-16H2,1-6H3/t17?,18?,19-,20-,21?,22?,24-,25-,26-/m1/s1. The van der Waals surface area contributed by atoms with E-state index in [9.17, 15) is 4.79 Å². The lowest BCUT2D eigenvalue weighted by molar-refractivity contribution is -0.263. The Bertz CT molecular complexity index is 638. The predicted molar refractivity (Wildman–Crippen MR) is 120 cm³/mol. The second kappa shape index (κ2) is 8.39. The van der Waals surface area contributed by atoms with Crippen molar-refractivity contribution in [1.29, 1.82) is 0 Å². The molecule has 4 fully saturated rings. The van der Waals surface area contributed by atoms with Gasteiger partial charge in [-0.3, -0.25) is 9.63 Å². The lowest BCUT2D eigenvalue weighted by Crippen LogP contribution is -2.63. The molecule has 3 aliphatic carbocycles. The Morgan fingerprint density at radius 2 is 1.70 bits per heavy atom. The van der Waals surface area contributed by atoms with Crippen LogP contribution >= 0.6 is 0 Å². The molecule has 0 aromatic carbocycles. The van der Waals surface area contributed by atoms with E-state index in [1.165, 1.54) is 32.1 Å². The van der Waals surface area contributed by atoms with Crippen LogP contribution in [0.4, 0.5) is 0 Å². The van der Waals surface area contributed by atoms with Gasteiger partial charge in [0.25, 0.3) is 0 Å². The van der Waals surface area contributed by atoms with E-state index in [-0.39, 0.29) is 23.5 Å². The van der Waals surface area contributed by atoms with Gasteiger partial charge in [0.05, 0.1) is 24.4 Å². The zero-order chi connectivity index (χ0) is 21.7. The highest BCUT2D eigenvalue weighted by atomic mass is 16.7. The van der Waals surface area contributed by atoms with Gasteiger partial charge in [-0.1, -0.05) is 27.7 Å². The number of rotatable bonds is 6. The topological polar surface area (TPSA) is 38.8 Å². The summed E-state index contributed by atoms with van der Waals surface area (Å²) in [4.78, 5) is 19.0. The Morgan fingerprint density at radius 3 is 2.40 bits per heavy atom. The van der Waals surface area contributed by atoms with E-state index in [0.29, 0.717) is 35.9 Å². The number of nitrogens with zero attached hydrogens (tertiary/aromatic N) is 1. The number of fused-ring (bicyclic) bond motifs is 5. The van der Waals surface area contributed by atoms with Crippen molar-refractivity contribution in [2.24, 2.45) is 28.6 Å². The summed E-state index contributed by atoms with van der Waals surface area (Å²) in [7, 11) is 0. The Balaban J connectivity index is 1.59. The molecule has 4 aliphatic rings. The van der Waals surface area contributed by atoms with E-state index in [4.69, 9.17) is 9.57 Å². The van der Waals surface area contributed by atoms with E-state index in [2.05, 4.69) is 41.5 Å². The number of hydrogen-bond acceptors (Lipinski definition) is 3. The van der Waals surface area contributed by atoms with Crippen molar-refractivity contribution in [3.05, 3.63) is 0 Å². The van der Waals surface area contributed by atoms with Crippen molar-refractivity contribution in [3.63, 3.8) is 0 Å². The number of hydroxylamine groups is 2. The van der Waals surface area contributed by atoms with Gasteiger partial charge in [0.15, 0.2) is 0 Å². The number of hydrogen-bond donors (Lipinski definition) is 0. The zero-order valence-electron chi connectivity index (χ0n) is 20.3. The van der Waals surface area contributed by atoms with Crippen LogP contribution in [-0.2, 0) is 14.4 Å². The van der Waals surface area contributed by atoms with Crippen LogP contribution in [0.15, 0.2) is 0 Å². The second-order valence-corrected chi connectivity index (χ2v) is 11.6. The molecule has 1 aliphatic heterocycles. The highest BCUT2D eigenvalue weighted by Gasteiger charge is 2.62. The van der Waals surface area contributed by atoms with Gasteiger partial charge in [-0.05, 0) is 100 Å².